The van der Waals surface area contributed by atoms with Crippen LogP contribution < -0.4 is 5.73 Å². The molecule has 4 aromatic rings. The number of hydrogen-bond acceptors (Lipinski definition) is 4. The number of nitrogens with zero attached hydrogens (tertiary/aromatic N) is 3. The fraction of sp³-hybridized carbons (Fsp3) is 0.400. The third-order valence-corrected chi connectivity index (χ3v) is 7.35. The Morgan fingerprint density at radius 2 is 2.00 bits per heavy atom. The number of amides is 1. The number of piperidine rings is 1. The standard InChI is InChI=1S/C30H37N5O2/c1-37-18-6-17-35-28-10-3-2-8-27(28)33-30(35)24-7-5-16-34(21-24)29(36)20-25(31)19-22-11-13-23(14-12-22)26-9-4-15-32-26/h2-4,8-15,24-25,32H,5-7,16-21,31H2,1H3. The van der Waals surface area contributed by atoms with Crippen molar-refractivity contribution in [2.45, 2.75) is 50.6 Å². The van der Waals surface area contributed by atoms with E-state index in [0.29, 0.717) is 26.0 Å². The van der Waals surface area contributed by atoms with Crippen LogP contribution in [0, 0.1) is 0 Å². The minimum absolute atomic E-state index is 0.141. The zero-order valence-corrected chi connectivity index (χ0v) is 21.6. The molecule has 7 nitrogen and oxygen atoms in total. The molecule has 7 heteroatoms. The first kappa shape index (κ1) is 25.2. The number of benzene rings is 2. The van der Waals surface area contributed by atoms with Gasteiger partial charge in [-0.3, -0.25) is 4.79 Å². The number of fused-ring (bicyclic) bond motifs is 1. The van der Waals surface area contributed by atoms with E-state index < -0.39 is 0 Å². The van der Waals surface area contributed by atoms with E-state index in [1.54, 1.807) is 7.11 Å². The summed E-state index contributed by atoms with van der Waals surface area (Å²) >= 11 is 0. The van der Waals surface area contributed by atoms with Crippen molar-refractivity contribution in [2.75, 3.05) is 26.8 Å². The van der Waals surface area contributed by atoms with Crippen molar-refractivity contribution in [2.24, 2.45) is 5.73 Å². The number of para-hydroxylation sites is 2. The predicted molar refractivity (Wildman–Crippen MR) is 147 cm³/mol. The van der Waals surface area contributed by atoms with E-state index in [2.05, 4.69) is 58.1 Å². The maximum atomic E-state index is 13.3. The summed E-state index contributed by atoms with van der Waals surface area (Å²) < 4.78 is 7.62. The lowest BCUT2D eigenvalue weighted by molar-refractivity contribution is -0.132. The second kappa shape index (κ2) is 11.8. The Morgan fingerprint density at radius 1 is 1.16 bits per heavy atom. The van der Waals surface area contributed by atoms with E-state index in [9.17, 15) is 4.79 Å². The zero-order valence-electron chi connectivity index (χ0n) is 21.6. The lowest BCUT2D eigenvalue weighted by Gasteiger charge is -2.33. The molecule has 2 aromatic heterocycles. The van der Waals surface area contributed by atoms with Gasteiger partial charge in [0.2, 0.25) is 5.91 Å². The normalized spacial score (nSPS) is 16.8. The molecule has 0 bridgehead atoms. The van der Waals surface area contributed by atoms with Gasteiger partial charge in [-0.05, 0) is 61.1 Å². The van der Waals surface area contributed by atoms with Gasteiger partial charge in [0.1, 0.15) is 5.82 Å². The summed E-state index contributed by atoms with van der Waals surface area (Å²) in [4.78, 5) is 23.5. The molecule has 1 saturated heterocycles. The van der Waals surface area contributed by atoms with Gasteiger partial charge in [-0.1, -0.05) is 36.4 Å². The van der Waals surface area contributed by atoms with Crippen molar-refractivity contribution < 1.29 is 9.53 Å². The smallest absolute Gasteiger partial charge is 0.224 e. The highest BCUT2D eigenvalue weighted by atomic mass is 16.5. The number of methoxy groups -OCH3 is 1. The second-order valence-corrected chi connectivity index (χ2v) is 10.1. The van der Waals surface area contributed by atoms with Crippen LogP contribution in [0.15, 0.2) is 66.9 Å². The zero-order chi connectivity index (χ0) is 25.6. The number of aromatic nitrogens is 3. The van der Waals surface area contributed by atoms with Crippen molar-refractivity contribution >= 4 is 16.9 Å². The molecule has 0 radical (unpaired) electrons. The molecule has 37 heavy (non-hydrogen) atoms. The lowest BCUT2D eigenvalue weighted by atomic mass is 9.95. The number of aromatic amines is 1. The Kier molecular flexibility index (Phi) is 8.02. The van der Waals surface area contributed by atoms with Crippen LogP contribution in [-0.4, -0.2) is 58.2 Å². The summed E-state index contributed by atoms with van der Waals surface area (Å²) in [6.07, 6.45) is 5.91. The molecule has 194 valence electrons. The number of carbonyl (C=O) groups excluding carboxylic acids is 1. The Hall–Kier alpha value is -3.42. The molecule has 5 rings (SSSR count). The van der Waals surface area contributed by atoms with Crippen molar-refractivity contribution in [3.05, 3.63) is 78.2 Å². The topological polar surface area (TPSA) is 89.2 Å². The highest BCUT2D eigenvalue weighted by molar-refractivity contribution is 5.78. The van der Waals surface area contributed by atoms with E-state index >= 15 is 0 Å². The number of nitrogens with two attached hydrogens (primary N) is 1. The summed E-state index contributed by atoms with van der Waals surface area (Å²) in [6, 6.07) is 20.5. The van der Waals surface area contributed by atoms with E-state index in [-0.39, 0.29) is 17.9 Å². The van der Waals surface area contributed by atoms with Gasteiger partial charge < -0.3 is 24.9 Å². The molecule has 2 unspecified atom stereocenters. The quantitative estimate of drug-likeness (QED) is 0.309. The van der Waals surface area contributed by atoms with Crippen LogP contribution in [0.4, 0.5) is 0 Å². The first-order chi connectivity index (χ1) is 18.1. The van der Waals surface area contributed by atoms with E-state index in [1.165, 1.54) is 0 Å². The first-order valence-electron chi connectivity index (χ1n) is 13.3. The highest BCUT2D eigenvalue weighted by Crippen LogP contribution is 2.30. The number of hydrogen-bond donors (Lipinski definition) is 2. The summed E-state index contributed by atoms with van der Waals surface area (Å²) in [7, 11) is 1.74. The number of rotatable bonds is 10. The SMILES string of the molecule is COCCCn1c(C2CCCN(C(=O)CC(N)Cc3ccc(-c4ccc[nH]4)cc3)C2)nc2ccccc21. The maximum absolute atomic E-state index is 13.3. The highest BCUT2D eigenvalue weighted by Gasteiger charge is 2.29. The molecular weight excluding hydrogens is 462 g/mol. The van der Waals surface area contributed by atoms with Gasteiger partial charge in [0.25, 0.3) is 0 Å². The molecule has 3 heterocycles. The van der Waals surface area contributed by atoms with Crippen LogP contribution in [-0.2, 0) is 22.5 Å². The molecule has 1 aliphatic heterocycles. The van der Waals surface area contributed by atoms with Crippen LogP contribution in [0.5, 0.6) is 0 Å². The van der Waals surface area contributed by atoms with Crippen LogP contribution in [0.25, 0.3) is 22.3 Å². The fourth-order valence-corrected chi connectivity index (χ4v) is 5.48. The number of aryl methyl sites for hydroxylation is 1. The van der Waals surface area contributed by atoms with Gasteiger partial charge in [0, 0.05) is 63.6 Å². The molecule has 2 atom stereocenters. The summed E-state index contributed by atoms with van der Waals surface area (Å²) in [6.45, 7) is 3.07. The van der Waals surface area contributed by atoms with Gasteiger partial charge in [0.05, 0.1) is 11.0 Å². The summed E-state index contributed by atoms with van der Waals surface area (Å²) in [5.74, 6) is 1.45. The Morgan fingerprint density at radius 3 is 2.78 bits per heavy atom. The van der Waals surface area contributed by atoms with Crippen molar-refractivity contribution in [1.82, 2.24) is 19.4 Å². The van der Waals surface area contributed by atoms with E-state index in [1.807, 2.05) is 23.2 Å². The summed E-state index contributed by atoms with van der Waals surface area (Å²) in [5.41, 5.74) is 12.0. The predicted octanol–water partition coefficient (Wildman–Crippen LogP) is 4.73. The lowest BCUT2D eigenvalue weighted by Crippen LogP contribution is -2.42. The Balaban J connectivity index is 1.22. The molecule has 1 aliphatic rings. The average molecular weight is 500 g/mol. The molecule has 2 aromatic carbocycles. The number of ether oxygens (including phenoxy) is 1. The minimum atomic E-state index is -0.206. The van der Waals surface area contributed by atoms with Crippen LogP contribution in [0.3, 0.4) is 0 Å². The van der Waals surface area contributed by atoms with Crippen LogP contribution >= 0.6 is 0 Å². The fourth-order valence-electron chi connectivity index (χ4n) is 5.48. The van der Waals surface area contributed by atoms with Gasteiger partial charge >= 0.3 is 0 Å². The number of likely N-dealkylation sites (tertiary alicyclic amines) is 1. The Labute approximate surface area is 218 Å². The third-order valence-electron chi connectivity index (χ3n) is 7.35. The van der Waals surface area contributed by atoms with E-state index in [0.717, 1.165) is 66.0 Å². The average Bonchev–Trinajstić information content (AvgIpc) is 3.58. The largest absolute Gasteiger partial charge is 0.385 e. The molecule has 0 spiro atoms. The first-order valence-corrected chi connectivity index (χ1v) is 13.3. The Bertz CT molecular complexity index is 1300. The summed E-state index contributed by atoms with van der Waals surface area (Å²) in [5, 5.41) is 0. The molecule has 3 N–H and O–H groups in total. The molecule has 1 amide bonds. The molecule has 1 fully saturated rings. The number of carbonyl (C=O) groups is 1. The van der Waals surface area contributed by atoms with Gasteiger partial charge in [-0.2, -0.15) is 0 Å². The number of H-pyrrole nitrogens is 1. The number of imidazole rings is 1. The monoisotopic (exact) mass is 499 g/mol. The minimum Gasteiger partial charge on any atom is -0.385 e. The number of nitrogens with one attached hydrogen (secondary N) is 1. The van der Waals surface area contributed by atoms with Crippen LogP contribution in [0.2, 0.25) is 0 Å². The molecular formula is C30H37N5O2. The third kappa shape index (κ3) is 5.95. The van der Waals surface area contributed by atoms with Gasteiger partial charge in [0.15, 0.2) is 0 Å². The molecule has 0 saturated carbocycles. The second-order valence-electron chi connectivity index (χ2n) is 10.1. The van der Waals surface area contributed by atoms with Gasteiger partial charge in [-0.15, -0.1) is 0 Å². The molecule has 0 aliphatic carbocycles. The maximum Gasteiger partial charge on any atom is 0.224 e. The van der Waals surface area contributed by atoms with Gasteiger partial charge in [-0.25, -0.2) is 4.98 Å². The van der Waals surface area contributed by atoms with Crippen LogP contribution in [0.1, 0.15) is 43.0 Å². The van der Waals surface area contributed by atoms with Crippen molar-refractivity contribution in [3.63, 3.8) is 0 Å². The van der Waals surface area contributed by atoms with E-state index in [4.69, 9.17) is 15.5 Å². The van der Waals surface area contributed by atoms with Crippen molar-refractivity contribution in [3.8, 4) is 11.3 Å². The van der Waals surface area contributed by atoms with Crippen molar-refractivity contribution in [1.29, 1.82) is 0 Å².